The molecule has 3 aliphatic rings. The summed E-state index contributed by atoms with van der Waals surface area (Å²) in [5.74, 6) is 0.273. The molecule has 2 aromatic rings. The maximum Gasteiger partial charge on any atom is 0.237 e. The van der Waals surface area contributed by atoms with Crippen LogP contribution in [0.25, 0.3) is 0 Å². The second-order valence-corrected chi connectivity index (χ2v) is 8.48. The third-order valence-electron chi connectivity index (χ3n) is 6.80. The van der Waals surface area contributed by atoms with Gasteiger partial charge in [0.25, 0.3) is 0 Å². The van der Waals surface area contributed by atoms with Crippen LogP contribution in [-0.4, -0.2) is 17.7 Å². The predicted molar refractivity (Wildman–Crippen MR) is 110 cm³/mol. The van der Waals surface area contributed by atoms with Gasteiger partial charge < -0.3 is 5.32 Å². The topological polar surface area (TPSA) is 66.5 Å². The van der Waals surface area contributed by atoms with Gasteiger partial charge in [0.15, 0.2) is 0 Å². The third-order valence-corrected chi connectivity index (χ3v) is 6.80. The summed E-state index contributed by atoms with van der Waals surface area (Å²) >= 11 is 0. The van der Waals surface area contributed by atoms with Gasteiger partial charge in [0.05, 0.1) is 17.5 Å². The van der Waals surface area contributed by atoms with Crippen molar-refractivity contribution < 1.29 is 14.4 Å². The number of carbonyl (C=O) groups is 3. The Kier molecular flexibility index (Phi) is 4.46. The molecule has 3 fully saturated rings. The van der Waals surface area contributed by atoms with E-state index in [1.807, 2.05) is 30.3 Å². The molecule has 3 amide bonds. The molecular formula is C24H24N2O3. The second kappa shape index (κ2) is 7.14. The molecule has 5 nitrogen and oxygen atoms in total. The number of aryl methyl sites for hydroxylation is 1. The molecule has 5 heteroatoms. The van der Waals surface area contributed by atoms with Gasteiger partial charge in [-0.3, -0.25) is 14.4 Å². The molecular weight excluding hydrogens is 364 g/mol. The minimum absolute atomic E-state index is 0.0558. The van der Waals surface area contributed by atoms with Crippen molar-refractivity contribution >= 4 is 29.1 Å². The van der Waals surface area contributed by atoms with Crippen LogP contribution in [0.4, 0.5) is 11.4 Å². The molecule has 2 aromatic carbocycles. The molecule has 5 rings (SSSR count). The van der Waals surface area contributed by atoms with Gasteiger partial charge in [0.1, 0.15) is 0 Å². The zero-order chi connectivity index (χ0) is 20.0. The van der Waals surface area contributed by atoms with Gasteiger partial charge in [-0.25, -0.2) is 4.90 Å². The lowest BCUT2D eigenvalue weighted by Crippen LogP contribution is -2.32. The van der Waals surface area contributed by atoms with E-state index < -0.39 is 0 Å². The first-order chi connectivity index (χ1) is 14.1. The zero-order valence-corrected chi connectivity index (χ0v) is 16.2. The molecule has 1 aliphatic heterocycles. The minimum Gasteiger partial charge on any atom is -0.326 e. The Balaban J connectivity index is 1.28. The molecule has 2 bridgehead atoms. The molecule has 148 valence electrons. The highest BCUT2D eigenvalue weighted by atomic mass is 16.2. The molecule has 0 spiro atoms. The number of nitrogens with zero attached hydrogens (tertiary/aromatic N) is 1. The fourth-order valence-corrected chi connectivity index (χ4v) is 5.51. The van der Waals surface area contributed by atoms with E-state index in [-0.39, 0.29) is 29.6 Å². The van der Waals surface area contributed by atoms with Crippen molar-refractivity contribution in [1.29, 1.82) is 0 Å². The van der Waals surface area contributed by atoms with Gasteiger partial charge in [-0.2, -0.15) is 0 Å². The lowest BCUT2D eigenvalue weighted by molar-refractivity contribution is -0.123. The summed E-state index contributed by atoms with van der Waals surface area (Å²) in [6.07, 6.45) is 4.20. The molecule has 0 radical (unpaired) electrons. The van der Waals surface area contributed by atoms with Crippen LogP contribution in [0, 0.1) is 23.7 Å². The fourth-order valence-electron chi connectivity index (χ4n) is 5.51. The predicted octanol–water partition coefficient (Wildman–Crippen LogP) is 3.79. The number of benzene rings is 2. The van der Waals surface area contributed by atoms with Gasteiger partial charge in [-0.15, -0.1) is 0 Å². The van der Waals surface area contributed by atoms with Crippen LogP contribution in [0.15, 0.2) is 54.6 Å². The largest absolute Gasteiger partial charge is 0.326 e. The molecule has 1 saturated heterocycles. The molecule has 0 aromatic heterocycles. The highest BCUT2D eigenvalue weighted by Crippen LogP contribution is 2.56. The van der Waals surface area contributed by atoms with Crippen molar-refractivity contribution in [3.8, 4) is 0 Å². The zero-order valence-electron chi connectivity index (χ0n) is 16.2. The summed E-state index contributed by atoms with van der Waals surface area (Å²) in [4.78, 5) is 39.7. The smallest absolute Gasteiger partial charge is 0.237 e. The Morgan fingerprint density at radius 1 is 0.931 bits per heavy atom. The standard InChI is InChI=1S/C24H24N2O3/c27-20(12-9-15-5-2-1-3-6-15)25-18-7-4-8-19(14-18)26-23(28)21-16-10-11-17(13-16)22(21)24(26)29/h1-8,14,16-17,21-22H,9-13H2,(H,25,27)/t16-,17-,21+,22+/m0/s1. The van der Waals surface area contributed by atoms with Crippen LogP contribution < -0.4 is 10.2 Å². The van der Waals surface area contributed by atoms with Crippen LogP contribution in [0.1, 0.15) is 31.2 Å². The molecule has 29 heavy (non-hydrogen) atoms. The Morgan fingerprint density at radius 2 is 1.62 bits per heavy atom. The van der Waals surface area contributed by atoms with Crippen molar-refractivity contribution in [1.82, 2.24) is 0 Å². The Morgan fingerprint density at radius 3 is 2.31 bits per heavy atom. The number of imide groups is 1. The van der Waals surface area contributed by atoms with Gasteiger partial charge >= 0.3 is 0 Å². The first-order valence-electron chi connectivity index (χ1n) is 10.4. The van der Waals surface area contributed by atoms with E-state index in [9.17, 15) is 14.4 Å². The van der Waals surface area contributed by atoms with E-state index in [0.29, 0.717) is 36.1 Å². The van der Waals surface area contributed by atoms with E-state index in [1.54, 1.807) is 24.3 Å². The van der Waals surface area contributed by atoms with Crippen LogP contribution >= 0.6 is 0 Å². The summed E-state index contributed by atoms with van der Waals surface area (Å²) in [5.41, 5.74) is 2.29. The maximum atomic E-state index is 13.0. The van der Waals surface area contributed by atoms with E-state index in [2.05, 4.69) is 5.32 Å². The number of fused-ring (bicyclic) bond motifs is 5. The minimum atomic E-state index is -0.134. The van der Waals surface area contributed by atoms with Crippen LogP contribution in [0.3, 0.4) is 0 Å². The number of nitrogens with one attached hydrogen (secondary N) is 1. The average Bonchev–Trinajstić information content (AvgIpc) is 3.41. The monoisotopic (exact) mass is 388 g/mol. The normalized spacial score (nSPS) is 27.4. The summed E-state index contributed by atoms with van der Waals surface area (Å²) in [7, 11) is 0. The molecule has 2 aliphatic carbocycles. The fraction of sp³-hybridized carbons (Fsp3) is 0.375. The van der Waals surface area contributed by atoms with Crippen molar-refractivity contribution in [2.24, 2.45) is 23.7 Å². The highest BCUT2D eigenvalue weighted by Gasteiger charge is 2.61. The van der Waals surface area contributed by atoms with Crippen LogP contribution in [0.5, 0.6) is 0 Å². The SMILES string of the molecule is O=C(CCc1ccccc1)Nc1cccc(N2C(=O)[C@@H]3[C@H]4CC[C@@H](C4)[C@H]3C2=O)c1. The summed E-state index contributed by atoms with van der Waals surface area (Å²) in [6.45, 7) is 0. The molecule has 2 saturated carbocycles. The maximum absolute atomic E-state index is 13.0. The van der Waals surface area contributed by atoms with Crippen molar-refractivity contribution in [2.45, 2.75) is 32.1 Å². The van der Waals surface area contributed by atoms with Crippen LogP contribution in [-0.2, 0) is 20.8 Å². The summed E-state index contributed by atoms with van der Waals surface area (Å²) in [6, 6.07) is 17.0. The number of hydrogen-bond donors (Lipinski definition) is 1. The number of anilines is 2. The van der Waals surface area contributed by atoms with E-state index in [1.165, 1.54) is 4.90 Å². The first kappa shape index (κ1) is 18.1. The second-order valence-electron chi connectivity index (χ2n) is 8.48. The number of amides is 3. The van der Waals surface area contributed by atoms with E-state index in [4.69, 9.17) is 0 Å². The Bertz CT molecular complexity index is 943. The Hall–Kier alpha value is -2.95. The van der Waals surface area contributed by atoms with Crippen LogP contribution in [0.2, 0.25) is 0 Å². The number of carbonyl (C=O) groups excluding carboxylic acids is 3. The molecule has 1 N–H and O–H groups in total. The first-order valence-corrected chi connectivity index (χ1v) is 10.4. The lowest BCUT2D eigenvalue weighted by atomic mass is 9.81. The highest BCUT2D eigenvalue weighted by molar-refractivity contribution is 6.22. The van der Waals surface area contributed by atoms with E-state index >= 15 is 0 Å². The molecule has 4 atom stereocenters. The Labute approximate surface area is 170 Å². The van der Waals surface area contributed by atoms with Gasteiger partial charge in [0.2, 0.25) is 17.7 Å². The van der Waals surface area contributed by atoms with Gasteiger partial charge in [-0.05, 0) is 61.3 Å². The number of hydrogen-bond acceptors (Lipinski definition) is 3. The van der Waals surface area contributed by atoms with Crippen molar-refractivity contribution in [2.75, 3.05) is 10.2 Å². The summed E-state index contributed by atoms with van der Waals surface area (Å²) < 4.78 is 0. The molecule has 0 unspecified atom stereocenters. The van der Waals surface area contributed by atoms with Gasteiger partial charge in [0, 0.05) is 12.1 Å². The summed E-state index contributed by atoms with van der Waals surface area (Å²) in [5, 5.41) is 2.90. The van der Waals surface area contributed by atoms with Gasteiger partial charge in [-0.1, -0.05) is 36.4 Å². The average molecular weight is 388 g/mol. The quantitative estimate of drug-likeness (QED) is 0.793. The molecule has 1 heterocycles. The lowest BCUT2D eigenvalue weighted by Gasteiger charge is -2.19. The van der Waals surface area contributed by atoms with Crippen molar-refractivity contribution in [3.63, 3.8) is 0 Å². The van der Waals surface area contributed by atoms with Crippen molar-refractivity contribution in [3.05, 3.63) is 60.2 Å². The number of rotatable bonds is 5. The van der Waals surface area contributed by atoms with E-state index in [0.717, 1.165) is 24.8 Å². The third kappa shape index (κ3) is 3.15.